The third-order valence-corrected chi connectivity index (χ3v) is 2.91. The van der Waals surface area contributed by atoms with E-state index in [1.807, 2.05) is 31.2 Å². The molecule has 4 heteroatoms. The Labute approximate surface area is 98.9 Å². The molecule has 2 rings (SSSR count). The minimum atomic E-state index is 0.528. The summed E-state index contributed by atoms with van der Waals surface area (Å²) in [6, 6.07) is 7.92. The van der Waals surface area contributed by atoms with E-state index in [0.717, 1.165) is 22.0 Å². The largest absolute Gasteiger partial charge is 0.492 e. The zero-order valence-electron chi connectivity index (χ0n) is 9.14. The average molecular weight is 234 g/mol. The average Bonchev–Trinajstić information content (AvgIpc) is 2.74. The Hall–Kier alpha value is -1.39. The van der Waals surface area contributed by atoms with E-state index < -0.39 is 0 Å². The van der Waals surface area contributed by atoms with E-state index in [1.54, 1.807) is 11.3 Å². The van der Waals surface area contributed by atoms with Crippen LogP contribution in [-0.2, 0) is 0 Å². The highest BCUT2D eigenvalue weighted by molar-refractivity contribution is 7.09. The van der Waals surface area contributed by atoms with Gasteiger partial charge in [0.2, 0.25) is 0 Å². The first-order valence-corrected chi connectivity index (χ1v) is 6.03. The first kappa shape index (κ1) is 11.1. The number of hydrogen-bond donors (Lipinski definition) is 1. The molecular formula is C12H14N2OS. The molecule has 0 atom stereocenters. The Bertz CT molecular complexity index is 468. The molecule has 1 aromatic heterocycles. The van der Waals surface area contributed by atoms with Crippen molar-refractivity contribution >= 4 is 11.3 Å². The maximum absolute atomic E-state index is 5.47. The van der Waals surface area contributed by atoms with Gasteiger partial charge >= 0.3 is 0 Å². The fourth-order valence-corrected chi connectivity index (χ4v) is 2.04. The molecule has 1 aromatic carbocycles. The Kier molecular flexibility index (Phi) is 3.54. The van der Waals surface area contributed by atoms with E-state index in [0.29, 0.717) is 13.2 Å². The van der Waals surface area contributed by atoms with Crippen LogP contribution in [0.4, 0.5) is 0 Å². The van der Waals surface area contributed by atoms with Gasteiger partial charge in [-0.2, -0.15) is 0 Å². The van der Waals surface area contributed by atoms with Crippen molar-refractivity contribution < 1.29 is 4.74 Å². The minimum absolute atomic E-state index is 0.528. The van der Waals surface area contributed by atoms with Crippen LogP contribution in [-0.4, -0.2) is 18.1 Å². The normalized spacial score (nSPS) is 10.4. The second-order valence-corrected chi connectivity index (χ2v) is 4.48. The third-order valence-electron chi connectivity index (χ3n) is 2.14. The molecule has 3 nitrogen and oxygen atoms in total. The molecule has 0 unspecified atom stereocenters. The second kappa shape index (κ2) is 5.09. The van der Waals surface area contributed by atoms with Gasteiger partial charge in [-0.3, -0.25) is 0 Å². The summed E-state index contributed by atoms with van der Waals surface area (Å²) in [5, 5.41) is 3.13. The predicted octanol–water partition coefficient (Wildman–Crippen LogP) is 2.46. The number of hydrogen-bond acceptors (Lipinski definition) is 4. The Morgan fingerprint density at radius 2 is 2.31 bits per heavy atom. The van der Waals surface area contributed by atoms with E-state index in [-0.39, 0.29) is 0 Å². The fourth-order valence-electron chi connectivity index (χ4n) is 1.42. The van der Waals surface area contributed by atoms with Crippen LogP contribution in [0.5, 0.6) is 5.75 Å². The van der Waals surface area contributed by atoms with E-state index in [2.05, 4.69) is 10.4 Å². The first-order chi connectivity index (χ1) is 7.79. The zero-order valence-corrected chi connectivity index (χ0v) is 9.96. The molecule has 0 aliphatic heterocycles. The first-order valence-electron chi connectivity index (χ1n) is 5.15. The van der Waals surface area contributed by atoms with E-state index >= 15 is 0 Å². The molecule has 2 aromatic rings. The lowest BCUT2D eigenvalue weighted by molar-refractivity contribution is 0.328. The molecule has 0 saturated heterocycles. The van der Waals surface area contributed by atoms with Gasteiger partial charge in [0.15, 0.2) is 0 Å². The van der Waals surface area contributed by atoms with Gasteiger partial charge in [-0.1, -0.05) is 12.1 Å². The standard InChI is InChI=1S/C12H14N2OS/c1-9-14-12(8-16-9)10-3-2-4-11(7-10)15-6-5-13/h2-4,7-8H,5-6,13H2,1H3. The molecule has 0 aliphatic rings. The Morgan fingerprint density at radius 1 is 1.44 bits per heavy atom. The highest BCUT2D eigenvalue weighted by Crippen LogP contribution is 2.24. The van der Waals surface area contributed by atoms with Crippen molar-refractivity contribution in [3.8, 4) is 17.0 Å². The lowest BCUT2D eigenvalue weighted by Crippen LogP contribution is -2.10. The smallest absolute Gasteiger partial charge is 0.120 e. The number of ether oxygens (including phenoxy) is 1. The molecule has 0 aliphatic carbocycles. The van der Waals surface area contributed by atoms with Crippen molar-refractivity contribution in [1.29, 1.82) is 0 Å². The molecule has 0 bridgehead atoms. The SMILES string of the molecule is Cc1nc(-c2cccc(OCCN)c2)cs1. The number of thiazole rings is 1. The Morgan fingerprint density at radius 3 is 3.00 bits per heavy atom. The van der Waals surface area contributed by atoms with Crippen LogP contribution >= 0.6 is 11.3 Å². The zero-order chi connectivity index (χ0) is 11.4. The van der Waals surface area contributed by atoms with Gasteiger partial charge in [0.25, 0.3) is 0 Å². The summed E-state index contributed by atoms with van der Waals surface area (Å²) in [6.45, 7) is 3.07. The van der Waals surface area contributed by atoms with E-state index in [1.165, 1.54) is 0 Å². The molecule has 0 amide bonds. The molecule has 0 saturated carbocycles. The molecule has 1 heterocycles. The summed E-state index contributed by atoms with van der Waals surface area (Å²) >= 11 is 1.65. The molecule has 0 radical (unpaired) electrons. The fraction of sp³-hybridized carbons (Fsp3) is 0.250. The highest BCUT2D eigenvalue weighted by atomic mass is 32.1. The summed E-state index contributed by atoms with van der Waals surface area (Å²) < 4.78 is 5.47. The van der Waals surface area contributed by atoms with Gasteiger partial charge in [-0.05, 0) is 19.1 Å². The van der Waals surface area contributed by atoms with Gasteiger partial charge in [-0.15, -0.1) is 11.3 Å². The summed E-state index contributed by atoms with van der Waals surface area (Å²) in [5.74, 6) is 0.841. The van der Waals surface area contributed by atoms with Gasteiger partial charge in [0.1, 0.15) is 12.4 Å². The predicted molar refractivity (Wildman–Crippen MR) is 66.8 cm³/mol. The summed E-state index contributed by atoms with van der Waals surface area (Å²) in [5.41, 5.74) is 7.48. The van der Waals surface area contributed by atoms with Crippen LogP contribution in [0, 0.1) is 6.92 Å². The second-order valence-electron chi connectivity index (χ2n) is 3.42. The number of rotatable bonds is 4. The van der Waals surface area contributed by atoms with Gasteiger partial charge < -0.3 is 10.5 Å². The topological polar surface area (TPSA) is 48.1 Å². The number of aromatic nitrogens is 1. The summed E-state index contributed by atoms with van der Waals surface area (Å²) in [7, 11) is 0. The maximum Gasteiger partial charge on any atom is 0.120 e. The molecule has 16 heavy (non-hydrogen) atoms. The van der Waals surface area contributed by atoms with Crippen molar-refractivity contribution in [2.75, 3.05) is 13.2 Å². The minimum Gasteiger partial charge on any atom is -0.492 e. The molecular weight excluding hydrogens is 220 g/mol. The lowest BCUT2D eigenvalue weighted by atomic mass is 10.2. The van der Waals surface area contributed by atoms with Crippen LogP contribution in [0.3, 0.4) is 0 Å². The number of nitrogens with two attached hydrogens (primary N) is 1. The quantitative estimate of drug-likeness (QED) is 0.884. The van der Waals surface area contributed by atoms with Crippen LogP contribution in [0.15, 0.2) is 29.6 Å². The molecule has 0 spiro atoms. The monoisotopic (exact) mass is 234 g/mol. The molecule has 2 N–H and O–H groups in total. The summed E-state index contributed by atoms with van der Waals surface area (Å²) in [4.78, 5) is 4.44. The highest BCUT2D eigenvalue weighted by Gasteiger charge is 2.03. The van der Waals surface area contributed by atoms with Gasteiger partial charge in [0, 0.05) is 17.5 Å². The maximum atomic E-state index is 5.47. The number of benzene rings is 1. The van der Waals surface area contributed by atoms with Crippen molar-refractivity contribution in [2.24, 2.45) is 5.73 Å². The molecule has 84 valence electrons. The Balaban J connectivity index is 2.22. The van der Waals surface area contributed by atoms with Crippen LogP contribution in [0.2, 0.25) is 0 Å². The van der Waals surface area contributed by atoms with Crippen molar-refractivity contribution in [1.82, 2.24) is 4.98 Å². The number of aryl methyl sites for hydroxylation is 1. The van der Waals surface area contributed by atoms with Crippen molar-refractivity contribution in [3.63, 3.8) is 0 Å². The van der Waals surface area contributed by atoms with Crippen LogP contribution in [0.1, 0.15) is 5.01 Å². The van der Waals surface area contributed by atoms with Gasteiger partial charge in [-0.25, -0.2) is 4.98 Å². The number of nitrogens with zero attached hydrogens (tertiary/aromatic N) is 1. The lowest BCUT2D eigenvalue weighted by Gasteiger charge is -2.05. The van der Waals surface area contributed by atoms with Crippen LogP contribution < -0.4 is 10.5 Å². The van der Waals surface area contributed by atoms with Crippen molar-refractivity contribution in [3.05, 3.63) is 34.7 Å². The summed E-state index contributed by atoms with van der Waals surface area (Å²) in [6.07, 6.45) is 0. The van der Waals surface area contributed by atoms with Crippen LogP contribution in [0.25, 0.3) is 11.3 Å². The van der Waals surface area contributed by atoms with E-state index in [9.17, 15) is 0 Å². The van der Waals surface area contributed by atoms with E-state index in [4.69, 9.17) is 10.5 Å². The van der Waals surface area contributed by atoms with Gasteiger partial charge in [0.05, 0.1) is 10.7 Å². The molecule has 0 fully saturated rings. The third kappa shape index (κ3) is 2.59. The van der Waals surface area contributed by atoms with Crippen molar-refractivity contribution in [2.45, 2.75) is 6.92 Å².